The average molecular weight is 270 g/mol. The number of hydrogen-bond acceptors (Lipinski definition) is 3. The molecule has 106 valence electrons. The summed E-state index contributed by atoms with van der Waals surface area (Å²) >= 11 is 0. The normalized spacial score (nSPS) is 12.4. The lowest BCUT2D eigenvalue weighted by atomic mass is 10.0. The Labute approximate surface area is 120 Å². The molecule has 2 aromatic rings. The fourth-order valence-corrected chi connectivity index (χ4v) is 2.06. The molecule has 0 fully saturated rings. The van der Waals surface area contributed by atoms with E-state index in [1.54, 1.807) is 6.20 Å². The molecule has 3 nitrogen and oxygen atoms in total. The maximum Gasteiger partial charge on any atom is 0.145 e. The van der Waals surface area contributed by atoms with E-state index in [4.69, 9.17) is 10.5 Å². The zero-order valence-electron chi connectivity index (χ0n) is 12.3. The van der Waals surface area contributed by atoms with Gasteiger partial charge >= 0.3 is 0 Å². The van der Waals surface area contributed by atoms with Gasteiger partial charge in [0.1, 0.15) is 11.5 Å². The van der Waals surface area contributed by atoms with Crippen molar-refractivity contribution in [3.05, 3.63) is 53.9 Å². The van der Waals surface area contributed by atoms with Crippen molar-refractivity contribution in [1.29, 1.82) is 0 Å². The van der Waals surface area contributed by atoms with Gasteiger partial charge in [-0.25, -0.2) is 0 Å². The van der Waals surface area contributed by atoms with E-state index in [-0.39, 0.29) is 6.04 Å². The predicted molar refractivity (Wildman–Crippen MR) is 82.2 cm³/mol. The molecule has 0 aliphatic heterocycles. The van der Waals surface area contributed by atoms with Crippen LogP contribution in [0.4, 0.5) is 0 Å². The highest BCUT2D eigenvalue weighted by Gasteiger charge is 2.03. The second-order valence-corrected chi connectivity index (χ2v) is 5.54. The highest BCUT2D eigenvalue weighted by atomic mass is 16.5. The second-order valence-electron chi connectivity index (χ2n) is 5.54. The molecular weight excluding hydrogens is 248 g/mol. The zero-order chi connectivity index (χ0) is 14.5. The van der Waals surface area contributed by atoms with Crippen molar-refractivity contribution >= 4 is 0 Å². The number of hydrogen-bond donors (Lipinski definition) is 1. The Morgan fingerprint density at radius 1 is 1.05 bits per heavy atom. The fraction of sp³-hybridized carbons (Fsp3) is 0.353. The van der Waals surface area contributed by atoms with Gasteiger partial charge in [-0.05, 0) is 48.6 Å². The van der Waals surface area contributed by atoms with Gasteiger partial charge in [-0.3, -0.25) is 4.98 Å². The smallest absolute Gasteiger partial charge is 0.145 e. The molecule has 2 N–H and O–H groups in total. The quantitative estimate of drug-likeness (QED) is 0.896. The van der Waals surface area contributed by atoms with Crippen LogP contribution in [0.1, 0.15) is 37.8 Å². The van der Waals surface area contributed by atoms with E-state index in [1.165, 1.54) is 5.56 Å². The molecule has 0 spiro atoms. The summed E-state index contributed by atoms with van der Waals surface area (Å²) in [5.41, 5.74) is 8.20. The number of nitrogens with two attached hydrogens (primary N) is 1. The Bertz CT molecular complexity index is 547. The van der Waals surface area contributed by atoms with E-state index in [0.717, 1.165) is 23.5 Å². The number of nitrogens with zero attached hydrogens (tertiary/aromatic N) is 1. The van der Waals surface area contributed by atoms with Crippen LogP contribution >= 0.6 is 0 Å². The fourth-order valence-electron chi connectivity index (χ4n) is 2.06. The van der Waals surface area contributed by atoms with Crippen molar-refractivity contribution < 1.29 is 4.74 Å². The third-order valence-electron chi connectivity index (χ3n) is 3.11. The molecular formula is C17H22N2O. The van der Waals surface area contributed by atoms with Gasteiger partial charge in [-0.15, -0.1) is 0 Å². The van der Waals surface area contributed by atoms with Crippen molar-refractivity contribution in [1.82, 2.24) is 4.98 Å². The first kappa shape index (κ1) is 14.5. The van der Waals surface area contributed by atoms with Gasteiger partial charge in [0.2, 0.25) is 0 Å². The van der Waals surface area contributed by atoms with Crippen LogP contribution in [0.15, 0.2) is 42.7 Å². The highest BCUT2D eigenvalue weighted by Crippen LogP contribution is 2.24. The van der Waals surface area contributed by atoms with E-state index in [2.05, 4.69) is 31.0 Å². The second kappa shape index (κ2) is 6.53. The van der Waals surface area contributed by atoms with Crippen molar-refractivity contribution in [2.75, 3.05) is 0 Å². The van der Waals surface area contributed by atoms with Gasteiger partial charge in [0.25, 0.3) is 0 Å². The molecule has 0 amide bonds. The van der Waals surface area contributed by atoms with Crippen LogP contribution in [-0.4, -0.2) is 11.0 Å². The van der Waals surface area contributed by atoms with Crippen molar-refractivity contribution in [2.45, 2.75) is 39.2 Å². The minimum atomic E-state index is 0.123. The summed E-state index contributed by atoms with van der Waals surface area (Å²) < 4.78 is 5.83. The molecule has 1 heterocycles. The minimum Gasteiger partial charge on any atom is -0.456 e. The first-order valence-corrected chi connectivity index (χ1v) is 7.02. The van der Waals surface area contributed by atoms with Gasteiger partial charge in [0.05, 0.1) is 6.20 Å². The van der Waals surface area contributed by atoms with Crippen LogP contribution in [-0.2, 0) is 6.42 Å². The molecule has 1 unspecified atom stereocenters. The van der Waals surface area contributed by atoms with Crippen LogP contribution in [0.3, 0.4) is 0 Å². The SMILES string of the molecule is CC(N)Cc1cncc(Oc2ccc(C(C)C)cc2)c1. The number of benzene rings is 1. The molecule has 0 radical (unpaired) electrons. The van der Waals surface area contributed by atoms with Crippen molar-refractivity contribution in [2.24, 2.45) is 5.73 Å². The molecule has 0 aliphatic carbocycles. The summed E-state index contributed by atoms with van der Waals surface area (Å²) in [5, 5.41) is 0. The highest BCUT2D eigenvalue weighted by molar-refractivity contribution is 5.34. The summed E-state index contributed by atoms with van der Waals surface area (Å²) in [6.45, 7) is 6.34. The molecule has 2 rings (SSSR count). The summed E-state index contributed by atoms with van der Waals surface area (Å²) in [6.07, 6.45) is 4.36. The molecule has 0 bridgehead atoms. The maximum absolute atomic E-state index is 5.83. The summed E-state index contributed by atoms with van der Waals surface area (Å²) in [4.78, 5) is 4.20. The lowest BCUT2D eigenvalue weighted by molar-refractivity contribution is 0.479. The Kier molecular flexibility index (Phi) is 4.74. The Morgan fingerprint density at radius 3 is 2.35 bits per heavy atom. The molecule has 0 saturated heterocycles. The first-order valence-electron chi connectivity index (χ1n) is 7.02. The van der Waals surface area contributed by atoms with E-state index in [0.29, 0.717) is 5.92 Å². The van der Waals surface area contributed by atoms with Crippen LogP contribution in [0.25, 0.3) is 0 Å². The van der Waals surface area contributed by atoms with Crippen LogP contribution in [0.2, 0.25) is 0 Å². The van der Waals surface area contributed by atoms with Crippen molar-refractivity contribution in [3.8, 4) is 11.5 Å². The maximum atomic E-state index is 5.83. The zero-order valence-corrected chi connectivity index (χ0v) is 12.3. The number of aromatic nitrogens is 1. The van der Waals surface area contributed by atoms with Crippen molar-refractivity contribution in [3.63, 3.8) is 0 Å². The largest absolute Gasteiger partial charge is 0.456 e. The molecule has 20 heavy (non-hydrogen) atoms. The van der Waals surface area contributed by atoms with Crippen LogP contribution in [0, 0.1) is 0 Å². The predicted octanol–water partition coefficient (Wildman–Crippen LogP) is 3.89. The van der Waals surface area contributed by atoms with E-state index in [1.807, 2.05) is 31.3 Å². The molecule has 3 heteroatoms. The lowest BCUT2D eigenvalue weighted by Crippen LogP contribution is -2.17. The van der Waals surface area contributed by atoms with Crippen LogP contribution < -0.4 is 10.5 Å². The molecule has 1 atom stereocenters. The van der Waals surface area contributed by atoms with E-state index >= 15 is 0 Å². The Balaban J connectivity index is 2.09. The minimum absolute atomic E-state index is 0.123. The van der Waals surface area contributed by atoms with Gasteiger partial charge in [-0.2, -0.15) is 0 Å². The number of pyridine rings is 1. The third-order valence-corrected chi connectivity index (χ3v) is 3.11. The Hall–Kier alpha value is -1.87. The van der Waals surface area contributed by atoms with Gasteiger partial charge in [0, 0.05) is 12.2 Å². The summed E-state index contributed by atoms with van der Waals surface area (Å²) in [7, 11) is 0. The first-order chi connectivity index (χ1) is 9.54. The Morgan fingerprint density at radius 2 is 1.75 bits per heavy atom. The number of rotatable bonds is 5. The topological polar surface area (TPSA) is 48.1 Å². The number of ether oxygens (including phenoxy) is 1. The lowest BCUT2D eigenvalue weighted by Gasteiger charge is -2.10. The summed E-state index contributed by atoms with van der Waals surface area (Å²) in [5.74, 6) is 2.11. The van der Waals surface area contributed by atoms with Gasteiger partial charge in [0.15, 0.2) is 0 Å². The standard InChI is InChI=1S/C17H22N2O/c1-12(2)15-4-6-16(7-5-15)20-17-9-14(8-13(3)18)10-19-11-17/h4-7,9-13H,8,18H2,1-3H3. The monoisotopic (exact) mass is 270 g/mol. The molecule has 1 aromatic carbocycles. The average Bonchev–Trinajstić information content (AvgIpc) is 2.39. The molecule has 0 aliphatic rings. The van der Waals surface area contributed by atoms with E-state index in [9.17, 15) is 0 Å². The molecule has 1 aromatic heterocycles. The van der Waals surface area contributed by atoms with Gasteiger partial charge in [-0.1, -0.05) is 26.0 Å². The van der Waals surface area contributed by atoms with Gasteiger partial charge < -0.3 is 10.5 Å². The summed E-state index contributed by atoms with van der Waals surface area (Å²) in [6, 6.07) is 10.3. The van der Waals surface area contributed by atoms with Crippen LogP contribution in [0.5, 0.6) is 11.5 Å². The van der Waals surface area contributed by atoms with E-state index < -0.39 is 0 Å². The molecule has 0 saturated carbocycles. The third kappa shape index (κ3) is 4.07.